The predicted octanol–water partition coefficient (Wildman–Crippen LogP) is 7.29. The molecule has 1 aliphatic rings. The monoisotopic (exact) mass is 430 g/mol. The fraction of sp³-hybridized carbons (Fsp3) is 0.440. The predicted molar refractivity (Wildman–Crippen MR) is 124 cm³/mol. The van der Waals surface area contributed by atoms with E-state index in [2.05, 4.69) is 78.9 Å². The summed E-state index contributed by atoms with van der Waals surface area (Å²) < 4.78 is 7.67. The van der Waals surface area contributed by atoms with Gasteiger partial charge in [-0.3, -0.25) is 0 Å². The second kappa shape index (κ2) is 12.5. The van der Waals surface area contributed by atoms with Crippen LogP contribution in [0.3, 0.4) is 0 Å². The van der Waals surface area contributed by atoms with E-state index in [9.17, 15) is 0 Å². The van der Waals surface area contributed by atoms with Crippen molar-refractivity contribution >= 4 is 6.66 Å². The molecular formula is C25H38OSiTi. The molecular weight excluding hydrogens is 392 g/mol. The van der Waals surface area contributed by atoms with Crippen LogP contribution >= 0.6 is 0 Å². The molecule has 0 bridgehead atoms. The minimum Gasteiger partial charge on any atom is -0.489 e. The Morgan fingerprint density at radius 2 is 1.82 bits per heavy atom. The van der Waals surface area contributed by atoms with Gasteiger partial charge in [-0.25, -0.2) is 0 Å². The molecule has 0 amide bonds. The SMILES string of the molecule is CC1=[C]([Ti][SiH](C)C)CC=C1.CC=C(C)C=C(COc1ccccc1)C(C)(C)C. The molecule has 2 rings (SSSR count). The Morgan fingerprint density at radius 1 is 1.18 bits per heavy atom. The van der Waals surface area contributed by atoms with Crippen molar-refractivity contribution < 1.29 is 23.1 Å². The van der Waals surface area contributed by atoms with Crippen LogP contribution < -0.4 is 4.74 Å². The minimum absolute atomic E-state index is 0.124. The average molecular weight is 431 g/mol. The van der Waals surface area contributed by atoms with E-state index in [0.717, 1.165) is 5.75 Å². The van der Waals surface area contributed by atoms with Gasteiger partial charge in [0, 0.05) is 0 Å². The van der Waals surface area contributed by atoms with Crippen LogP contribution in [0.1, 0.15) is 48.0 Å². The number of allylic oxidation sites excluding steroid dienone is 7. The van der Waals surface area contributed by atoms with Crippen molar-refractivity contribution in [2.24, 2.45) is 5.41 Å². The van der Waals surface area contributed by atoms with E-state index in [1.165, 1.54) is 17.6 Å². The molecule has 0 atom stereocenters. The zero-order chi connectivity index (χ0) is 21.2. The summed E-state index contributed by atoms with van der Waals surface area (Å²) in [5.41, 5.74) is 4.29. The molecule has 0 radical (unpaired) electrons. The molecule has 0 saturated heterocycles. The van der Waals surface area contributed by atoms with Gasteiger partial charge in [0.05, 0.1) is 0 Å². The standard InChI is InChI=1S/C17H24O.C6H7.C2H7Si.Ti/c1-6-14(2)12-15(17(3,4)5)13-18-16-10-8-7-9-11-16;1-6-4-2-3-5-6;1-3-2;/h6-12H,13H2,1-5H3;2,4H,3H2,1H3;3H,1-2H3;. The number of benzene rings is 1. The van der Waals surface area contributed by atoms with E-state index in [1.807, 2.05) is 34.2 Å². The molecule has 1 nitrogen and oxygen atoms in total. The summed E-state index contributed by atoms with van der Waals surface area (Å²) in [4.78, 5) is 0. The maximum atomic E-state index is 5.84. The van der Waals surface area contributed by atoms with Crippen LogP contribution in [0.2, 0.25) is 13.1 Å². The molecule has 0 aliphatic heterocycles. The molecule has 1 aromatic carbocycles. The fourth-order valence-corrected chi connectivity index (χ4v) is 8.89. The van der Waals surface area contributed by atoms with Gasteiger partial charge in [-0.05, 0) is 37.0 Å². The van der Waals surface area contributed by atoms with Crippen molar-refractivity contribution in [2.75, 3.05) is 6.61 Å². The largest absolute Gasteiger partial charge is 0.489 e. The van der Waals surface area contributed by atoms with E-state index in [0.29, 0.717) is 25.0 Å². The Morgan fingerprint density at radius 3 is 2.29 bits per heavy atom. The number of hydrogen-bond acceptors (Lipinski definition) is 1. The molecule has 1 aromatic rings. The Labute approximate surface area is 183 Å². The first-order chi connectivity index (χ1) is 13.1. The van der Waals surface area contributed by atoms with E-state index in [-0.39, 0.29) is 12.1 Å². The van der Waals surface area contributed by atoms with Gasteiger partial charge in [-0.2, -0.15) is 0 Å². The number of rotatable bonds is 6. The third-order valence-corrected chi connectivity index (χ3v) is 10.8. The number of para-hydroxylation sites is 1. The van der Waals surface area contributed by atoms with Crippen molar-refractivity contribution in [1.82, 2.24) is 0 Å². The zero-order valence-electron chi connectivity index (χ0n) is 19.1. The molecule has 0 fully saturated rings. The average Bonchev–Trinajstić information content (AvgIpc) is 3.03. The molecule has 0 unspecified atom stereocenters. The van der Waals surface area contributed by atoms with Crippen LogP contribution in [0.4, 0.5) is 0 Å². The third kappa shape index (κ3) is 9.91. The summed E-state index contributed by atoms with van der Waals surface area (Å²) >= 11 is 0.350. The maximum absolute atomic E-state index is 5.84. The molecule has 0 saturated carbocycles. The number of ether oxygens (including phenoxy) is 1. The first-order valence-electron chi connectivity index (χ1n) is 10.3. The molecule has 152 valence electrons. The zero-order valence-corrected chi connectivity index (χ0v) is 21.8. The van der Waals surface area contributed by atoms with Gasteiger partial charge in [0.25, 0.3) is 0 Å². The summed E-state index contributed by atoms with van der Waals surface area (Å²) in [6.45, 7) is 18.4. The van der Waals surface area contributed by atoms with Crippen LogP contribution in [0, 0.1) is 5.41 Å². The Kier molecular flexibility index (Phi) is 11.1. The summed E-state index contributed by atoms with van der Waals surface area (Å²) in [5.74, 6) is 0.922. The van der Waals surface area contributed by atoms with Crippen LogP contribution in [0.25, 0.3) is 0 Å². The van der Waals surface area contributed by atoms with Crippen molar-refractivity contribution in [3.05, 3.63) is 75.2 Å². The van der Waals surface area contributed by atoms with Gasteiger partial charge in [-0.15, -0.1) is 0 Å². The second-order valence-corrected chi connectivity index (χ2v) is 18.9. The summed E-state index contributed by atoms with van der Waals surface area (Å²) in [7, 11) is 0. The number of hydrogen-bond donors (Lipinski definition) is 0. The maximum Gasteiger partial charge on any atom is 0.119 e. The topological polar surface area (TPSA) is 9.23 Å². The summed E-state index contributed by atoms with van der Waals surface area (Å²) in [5, 5.41) is 0. The fourth-order valence-electron chi connectivity index (χ4n) is 2.65. The molecule has 0 aromatic heterocycles. The Balaban J connectivity index is 0.000000330. The molecule has 0 N–H and O–H groups in total. The van der Waals surface area contributed by atoms with E-state index < -0.39 is 0 Å². The van der Waals surface area contributed by atoms with E-state index in [1.54, 1.807) is 5.57 Å². The van der Waals surface area contributed by atoms with Crippen molar-refractivity contribution in [3.63, 3.8) is 0 Å². The van der Waals surface area contributed by atoms with Crippen LogP contribution in [-0.2, 0) is 18.4 Å². The Bertz CT molecular complexity index is 719. The summed E-state index contributed by atoms with van der Waals surface area (Å²) in [6, 6.07) is 9.96. The van der Waals surface area contributed by atoms with Crippen molar-refractivity contribution in [2.45, 2.75) is 61.1 Å². The van der Waals surface area contributed by atoms with Crippen LogP contribution in [0.15, 0.2) is 75.2 Å². The van der Waals surface area contributed by atoms with Crippen LogP contribution in [0.5, 0.6) is 5.75 Å². The molecule has 0 heterocycles. The van der Waals surface area contributed by atoms with Gasteiger partial charge in [0.1, 0.15) is 12.4 Å². The van der Waals surface area contributed by atoms with Gasteiger partial charge in [0.2, 0.25) is 0 Å². The minimum atomic E-state index is -0.235. The third-order valence-electron chi connectivity index (χ3n) is 4.59. The van der Waals surface area contributed by atoms with Crippen molar-refractivity contribution in [3.8, 4) is 5.75 Å². The van der Waals surface area contributed by atoms with Gasteiger partial charge in [-0.1, -0.05) is 56.7 Å². The molecule has 3 heteroatoms. The quantitative estimate of drug-likeness (QED) is 0.340. The van der Waals surface area contributed by atoms with Gasteiger partial charge in [0.15, 0.2) is 0 Å². The first kappa shape index (κ1) is 24.9. The summed E-state index contributed by atoms with van der Waals surface area (Å²) in [6.07, 6.45) is 10.2. The van der Waals surface area contributed by atoms with E-state index in [4.69, 9.17) is 4.74 Å². The smallest absolute Gasteiger partial charge is 0.119 e. The molecule has 1 aliphatic carbocycles. The van der Waals surface area contributed by atoms with Crippen LogP contribution in [-0.4, -0.2) is 13.3 Å². The second-order valence-electron chi connectivity index (χ2n) is 8.62. The Hall–Kier alpha value is -1.09. The van der Waals surface area contributed by atoms with E-state index >= 15 is 0 Å². The van der Waals surface area contributed by atoms with Gasteiger partial charge < -0.3 is 4.74 Å². The van der Waals surface area contributed by atoms with Crippen molar-refractivity contribution in [1.29, 1.82) is 0 Å². The molecule has 0 spiro atoms. The molecule has 28 heavy (non-hydrogen) atoms. The first-order valence-corrected chi connectivity index (χ1v) is 16.6. The van der Waals surface area contributed by atoms with Gasteiger partial charge >= 0.3 is 73.1 Å². The normalized spacial score (nSPS) is 14.9.